The summed E-state index contributed by atoms with van der Waals surface area (Å²) in [5.74, 6) is 0. The lowest BCUT2D eigenvalue weighted by Crippen LogP contribution is -2.53. The van der Waals surface area contributed by atoms with E-state index in [0.717, 1.165) is 12.1 Å². The summed E-state index contributed by atoms with van der Waals surface area (Å²) in [4.78, 5) is 0. The molecule has 0 aliphatic rings. The normalized spacial score (nSPS) is 14.1. The van der Waals surface area contributed by atoms with Crippen molar-refractivity contribution in [2.24, 2.45) is 0 Å². The van der Waals surface area contributed by atoms with Crippen molar-refractivity contribution in [2.45, 2.75) is 169 Å². The van der Waals surface area contributed by atoms with Gasteiger partial charge in [-0.05, 0) is 169 Å². The van der Waals surface area contributed by atoms with Crippen molar-refractivity contribution in [2.75, 3.05) is 0 Å². The SMILES string of the molecule is C=C[Si](C)(C)O[Si](C)(C)O[Si](C)(C)C=C.C=C[Si](C)(C)O[Si](C)(C)O[Si](C)(C)CC[Si](C)(C)O[Si](C)(C)O[SiH](C)C.C[SiH](C)O[Si](C)(C)O[SiH](C)C. The van der Waals surface area contributed by atoms with Gasteiger partial charge >= 0.3 is 34.2 Å². The summed E-state index contributed by atoms with van der Waals surface area (Å²) >= 11 is 0. The van der Waals surface area contributed by atoms with Crippen molar-refractivity contribution < 1.29 is 32.9 Å². The average molecular weight is 938 g/mol. The Balaban J connectivity index is -0.000000776. The fraction of sp³-hybridized carbons (Fsp3) is 0.812. The molecule has 20 heteroatoms. The molecular formula is C32H88O8Si12. The van der Waals surface area contributed by atoms with Crippen LogP contribution in [0.15, 0.2) is 36.8 Å². The van der Waals surface area contributed by atoms with Crippen molar-refractivity contribution in [3.8, 4) is 0 Å². The minimum Gasteiger partial charge on any atom is -0.440 e. The van der Waals surface area contributed by atoms with E-state index < -0.39 is 103 Å². The minimum absolute atomic E-state index is 0.895. The Morgan fingerprint density at radius 2 is 0.558 bits per heavy atom. The molecule has 0 spiro atoms. The van der Waals surface area contributed by atoms with Crippen molar-refractivity contribution in [1.82, 2.24) is 0 Å². The van der Waals surface area contributed by atoms with E-state index in [4.69, 9.17) is 32.9 Å². The van der Waals surface area contributed by atoms with E-state index in [1.807, 2.05) is 17.1 Å². The van der Waals surface area contributed by atoms with E-state index in [9.17, 15) is 0 Å². The van der Waals surface area contributed by atoms with Crippen LogP contribution in [0.3, 0.4) is 0 Å². The van der Waals surface area contributed by atoms with Gasteiger partial charge in [0.05, 0.1) is 0 Å². The number of hydrogen-bond donors (Lipinski definition) is 0. The molecule has 0 N–H and O–H groups in total. The first-order chi connectivity index (χ1) is 22.7. The molecule has 0 saturated heterocycles. The van der Waals surface area contributed by atoms with Crippen molar-refractivity contribution in [1.29, 1.82) is 0 Å². The molecule has 0 amide bonds. The molecule has 0 aromatic rings. The third kappa shape index (κ3) is 33.6. The largest absolute Gasteiger partial charge is 0.440 e. The van der Waals surface area contributed by atoms with Crippen LogP contribution in [0.1, 0.15) is 0 Å². The van der Waals surface area contributed by atoms with Crippen LogP contribution in [0.25, 0.3) is 0 Å². The van der Waals surface area contributed by atoms with Crippen LogP contribution >= 0.6 is 0 Å². The maximum absolute atomic E-state index is 6.65. The Hall–Kier alpha value is 1.50. The first-order valence-electron chi connectivity index (χ1n) is 19.1. The highest BCUT2D eigenvalue weighted by Gasteiger charge is 2.41. The summed E-state index contributed by atoms with van der Waals surface area (Å²) < 4.78 is 49.8. The van der Waals surface area contributed by atoms with Gasteiger partial charge in [-0.1, -0.05) is 17.1 Å². The lowest BCUT2D eigenvalue weighted by atomic mass is 10.9. The maximum Gasteiger partial charge on any atom is 0.311 e. The molecule has 0 heterocycles. The predicted molar refractivity (Wildman–Crippen MR) is 263 cm³/mol. The van der Waals surface area contributed by atoms with Crippen LogP contribution in [-0.2, 0) is 32.9 Å². The molecule has 52 heavy (non-hydrogen) atoms. The molecule has 0 unspecified atom stereocenters. The molecule has 8 nitrogen and oxygen atoms in total. The van der Waals surface area contributed by atoms with Gasteiger partial charge < -0.3 is 32.9 Å². The van der Waals surface area contributed by atoms with Gasteiger partial charge in [-0.2, -0.15) is 0 Å². The second-order valence-corrected chi connectivity index (χ2v) is 62.3. The van der Waals surface area contributed by atoms with E-state index in [2.05, 4.69) is 177 Å². The topological polar surface area (TPSA) is 73.8 Å². The fourth-order valence-electron chi connectivity index (χ4n) is 5.86. The zero-order valence-corrected chi connectivity index (χ0v) is 51.2. The zero-order chi connectivity index (χ0) is 42.4. The highest BCUT2D eigenvalue weighted by atomic mass is 28.5. The molecule has 0 rings (SSSR count). The Kier molecular flexibility index (Phi) is 25.8. The standard InChI is InChI=1S/C16H44O4Si6.C10H24O2Si3.C6H20O2Si3/c1-14-22(4,5)18-26(12,13)20-24(8,9)16-15-23(6,7)19-25(10,11)17-21(2)3;1-9-13(3,4)11-15(7,8)12-14(5,6)10-2;1-9(2)7-11(5,6)8-10(3)4/h14,21H,1,15-16H2,2-13H3;9-10H,1-2H2,3-8H3;9-10H,1-6H3. The van der Waals surface area contributed by atoms with Gasteiger partial charge in [0.15, 0.2) is 68.7 Å². The molecule has 0 bridgehead atoms. The van der Waals surface area contributed by atoms with Crippen LogP contribution in [0.4, 0.5) is 0 Å². The first kappa shape index (κ1) is 57.8. The van der Waals surface area contributed by atoms with Crippen LogP contribution in [0.2, 0.25) is 169 Å². The second kappa shape index (κ2) is 23.2. The molecule has 0 atom stereocenters. The molecule has 0 fully saturated rings. The molecule has 0 saturated carbocycles. The summed E-state index contributed by atoms with van der Waals surface area (Å²) in [5.41, 5.74) is 5.90. The average Bonchev–Trinajstić information content (AvgIpc) is 2.82. The highest BCUT2D eigenvalue weighted by molar-refractivity contribution is 6.91. The van der Waals surface area contributed by atoms with E-state index in [0.29, 0.717) is 0 Å². The van der Waals surface area contributed by atoms with Gasteiger partial charge in [0.25, 0.3) is 0 Å². The molecule has 0 aliphatic carbocycles. The summed E-state index contributed by atoms with van der Waals surface area (Å²) in [5, 5.41) is 0. The Morgan fingerprint density at radius 3 is 0.788 bits per heavy atom. The second-order valence-electron chi connectivity index (χ2n) is 19.1. The van der Waals surface area contributed by atoms with Gasteiger partial charge in [-0.3, -0.25) is 0 Å². The Bertz CT molecular complexity index is 1030. The third-order valence-corrected chi connectivity index (χ3v) is 46.3. The predicted octanol–water partition coefficient (Wildman–Crippen LogP) is 11.1. The van der Waals surface area contributed by atoms with Crippen LogP contribution in [-0.4, -0.2) is 103 Å². The zero-order valence-electron chi connectivity index (χ0n) is 38.8. The number of rotatable bonds is 22. The van der Waals surface area contributed by atoms with Crippen molar-refractivity contribution in [3.63, 3.8) is 0 Å². The smallest absolute Gasteiger partial charge is 0.311 e. The van der Waals surface area contributed by atoms with E-state index in [1.54, 1.807) is 0 Å². The summed E-state index contributed by atoms with van der Waals surface area (Å²) in [6.45, 7) is 64.2. The van der Waals surface area contributed by atoms with Crippen LogP contribution in [0.5, 0.6) is 0 Å². The summed E-state index contributed by atoms with van der Waals surface area (Å²) in [6, 6.07) is 2.24. The Labute approximate surface area is 339 Å². The third-order valence-electron chi connectivity index (χ3n) is 6.93. The van der Waals surface area contributed by atoms with E-state index >= 15 is 0 Å². The molecule has 312 valence electrons. The van der Waals surface area contributed by atoms with Gasteiger partial charge in [0, 0.05) is 0 Å². The van der Waals surface area contributed by atoms with Gasteiger partial charge in [-0.15, -0.1) is 19.7 Å². The molecule has 0 aromatic carbocycles. The van der Waals surface area contributed by atoms with Crippen molar-refractivity contribution >= 4 is 103 Å². The lowest BCUT2D eigenvalue weighted by Gasteiger charge is -2.39. The van der Waals surface area contributed by atoms with E-state index in [-0.39, 0.29) is 0 Å². The van der Waals surface area contributed by atoms with Crippen molar-refractivity contribution in [3.05, 3.63) is 36.8 Å². The van der Waals surface area contributed by atoms with Gasteiger partial charge in [-0.25, -0.2) is 0 Å². The maximum atomic E-state index is 6.65. The monoisotopic (exact) mass is 936 g/mol. The minimum atomic E-state index is -2.14. The highest BCUT2D eigenvalue weighted by Crippen LogP contribution is 2.29. The molecular weight excluding hydrogens is 849 g/mol. The van der Waals surface area contributed by atoms with Gasteiger partial charge in [0.1, 0.15) is 0 Å². The molecule has 0 aliphatic heterocycles. The lowest BCUT2D eigenvalue weighted by molar-refractivity contribution is 0.389. The van der Waals surface area contributed by atoms with Crippen LogP contribution < -0.4 is 0 Å². The number of hydrogen-bond acceptors (Lipinski definition) is 8. The quantitative estimate of drug-likeness (QED) is 0.0994. The van der Waals surface area contributed by atoms with Gasteiger partial charge in [0.2, 0.25) is 0 Å². The van der Waals surface area contributed by atoms with Crippen LogP contribution in [0, 0.1) is 0 Å². The van der Waals surface area contributed by atoms with E-state index in [1.165, 1.54) is 0 Å². The Morgan fingerprint density at radius 1 is 0.346 bits per heavy atom. The molecule has 0 radical (unpaired) electrons. The summed E-state index contributed by atoms with van der Waals surface area (Å²) in [6.07, 6.45) is 0. The summed E-state index contributed by atoms with van der Waals surface area (Å²) in [7, 11) is -19.6. The first-order valence-corrected chi connectivity index (χ1v) is 53.9. The molecule has 0 aromatic heterocycles. The fourth-order valence-corrected chi connectivity index (χ4v) is 54.4.